The number of aromatic hydroxyl groups is 1. The van der Waals surface area contributed by atoms with Gasteiger partial charge in [0.1, 0.15) is 11.3 Å². The highest BCUT2D eigenvalue weighted by Gasteiger charge is 2.17. The third kappa shape index (κ3) is 5.18. The summed E-state index contributed by atoms with van der Waals surface area (Å²) >= 11 is 5.71. The normalized spacial score (nSPS) is 10.9. The Morgan fingerprint density at radius 1 is 1.37 bits per heavy atom. The summed E-state index contributed by atoms with van der Waals surface area (Å²) in [6.45, 7) is 5.03. The molecule has 104 valence electrons. The second kappa shape index (κ2) is 5.93. The summed E-state index contributed by atoms with van der Waals surface area (Å²) in [6.07, 6.45) is 0. The summed E-state index contributed by atoms with van der Waals surface area (Å²) in [7, 11) is 0. The molecule has 0 aromatic heterocycles. The average molecular weight is 286 g/mol. The number of ether oxygens (including phenoxy) is 1. The van der Waals surface area contributed by atoms with E-state index >= 15 is 0 Å². The van der Waals surface area contributed by atoms with Gasteiger partial charge in [0.05, 0.1) is 0 Å². The lowest BCUT2D eigenvalue weighted by Gasteiger charge is -2.20. The topological polar surface area (TPSA) is 75.6 Å². The van der Waals surface area contributed by atoms with Gasteiger partial charge in [-0.2, -0.15) is 0 Å². The lowest BCUT2D eigenvalue weighted by atomic mass is 10.1. The Morgan fingerprint density at radius 2 is 2.00 bits per heavy atom. The highest BCUT2D eigenvalue weighted by atomic mass is 35.5. The zero-order valence-electron chi connectivity index (χ0n) is 11.0. The van der Waals surface area contributed by atoms with E-state index in [4.69, 9.17) is 16.3 Å². The number of nitrogens with one attached hydrogen (secondary N) is 1. The summed E-state index contributed by atoms with van der Waals surface area (Å²) in [6, 6.07) is 4.01. The van der Waals surface area contributed by atoms with Gasteiger partial charge < -0.3 is 15.2 Å². The van der Waals surface area contributed by atoms with Gasteiger partial charge in [-0.05, 0) is 39.0 Å². The number of benzene rings is 1. The summed E-state index contributed by atoms with van der Waals surface area (Å²) in [5.74, 6) is -1.46. The number of carbonyl (C=O) groups excluding carboxylic acids is 2. The number of hydrogen-bond acceptors (Lipinski definition) is 4. The molecule has 0 saturated carbocycles. The SMILES string of the molecule is CC(C)(C)NC(=O)COC(=O)c1cc(Cl)ccc1O. The molecule has 6 heteroatoms. The van der Waals surface area contributed by atoms with Gasteiger partial charge in [0, 0.05) is 10.6 Å². The molecule has 1 aromatic carbocycles. The molecule has 1 rings (SSSR count). The molecule has 0 fully saturated rings. The molecule has 1 amide bonds. The fraction of sp³-hybridized carbons (Fsp3) is 0.385. The van der Waals surface area contributed by atoms with Crippen molar-refractivity contribution in [1.82, 2.24) is 5.32 Å². The van der Waals surface area contributed by atoms with E-state index in [0.717, 1.165) is 0 Å². The molecule has 0 aliphatic carbocycles. The number of phenolic OH excluding ortho intramolecular Hbond substituents is 1. The van der Waals surface area contributed by atoms with Gasteiger partial charge in [0.25, 0.3) is 5.91 Å². The summed E-state index contributed by atoms with van der Waals surface area (Å²) in [5.41, 5.74) is -0.474. The van der Waals surface area contributed by atoms with Gasteiger partial charge in [-0.1, -0.05) is 11.6 Å². The molecule has 1 aromatic rings. The molecular weight excluding hydrogens is 270 g/mol. The minimum absolute atomic E-state index is 0.0731. The number of rotatable bonds is 3. The van der Waals surface area contributed by atoms with Crippen molar-refractivity contribution in [2.75, 3.05) is 6.61 Å². The van der Waals surface area contributed by atoms with E-state index in [9.17, 15) is 14.7 Å². The van der Waals surface area contributed by atoms with Gasteiger partial charge >= 0.3 is 5.97 Å². The van der Waals surface area contributed by atoms with E-state index in [0.29, 0.717) is 5.02 Å². The van der Waals surface area contributed by atoms with Gasteiger partial charge in [-0.15, -0.1) is 0 Å². The molecule has 0 bridgehead atoms. The van der Waals surface area contributed by atoms with Crippen LogP contribution in [0.1, 0.15) is 31.1 Å². The van der Waals surface area contributed by atoms with Crippen LogP contribution in [-0.2, 0) is 9.53 Å². The van der Waals surface area contributed by atoms with Crippen LogP contribution in [0.2, 0.25) is 5.02 Å². The zero-order valence-corrected chi connectivity index (χ0v) is 11.7. The highest BCUT2D eigenvalue weighted by molar-refractivity contribution is 6.31. The first kappa shape index (κ1) is 15.3. The van der Waals surface area contributed by atoms with Crippen LogP contribution >= 0.6 is 11.6 Å². The number of phenols is 1. The van der Waals surface area contributed by atoms with E-state index in [-0.39, 0.29) is 11.3 Å². The number of amides is 1. The van der Waals surface area contributed by atoms with Crippen LogP contribution in [0.5, 0.6) is 5.75 Å². The number of esters is 1. The van der Waals surface area contributed by atoms with Crippen molar-refractivity contribution >= 4 is 23.5 Å². The number of halogens is 1. The molecule has 19 heavy (non-hydrogen) atoms. The van der Waals surface area contributed by atoms with Crippen molar-refractivity contribution in [3.8, 4) is 5.75 Å². The lowest BCUT2D eigenvalue weighted by Crippen LogP contribution is -2.42. The maximum absolute atomic E-state index is 11.7. The van der Waals surface area contributed by atoms with E-state index in [1.165, 1.54) is 18.2 Å². The van der Waals surface area contributed by atoms with Crippen LogP contribution in [0.15, 0.2) is 18.2 Å². The third-order valence-corrected chi connectivity index (χ3v) is 2.26. The molecule has 0 radical (unpaired) electrons. The minimum Gasteiger partial charge on any atom is -0.507 e. The van der Waals surface area contributed by atoms with E-state index in [1.54, 1.807) is 0 Å². The minimum atomic E-state index is -0.802. The Bertz CT molecular complexity index is 494. The Labute approximate surface area is 116 Å². The van der Waals surface area contributed by atoms with Crippen LogP contribution in [0, 0.1) is 0 Å². The van der Waals surface area contributed by atoms with Crippen LogP contribution in [0.25, 0.3) is 0 Å². The maximum atomic E-state index is 11.7. The monoisotopic (exact) mass is 285 g/mol. The largest absolute Gasteiger partial charge is 0.507 e. The smallest absolute Gasteiger partial charge is 0.342 e. The van der Waals surface area contributed by atoms with Crippen molar-refractivity contribution in [2.45, 2.75) is 26.3 Å². The van der Waals surface area contributed by atoms with Crippen molar-refractivity contribution in [1.29, 1.82) is 0 Å². The van der Waals surface area contributed by atoms with Crippen LogP contribution < -0.4 is 5.32 Å². The molecule has 5 nitrogen and oxygen atoms in total. The first-order chi connectivity index (χ1) is 8.69. The van der Waals surface area contributed by atoms with Crippen LogP contribution in [0.3, 0.4) is 0 Å². The molecule has 2 N–H and O–H groups in total. The first-order valence-electron chi connectivity index (χ1n) is 5.66. The lowest BCUT2D eigenvalue weighted by molar-refractivity contribution is -0.125. The van der Waals surface area contributed by atoms with Crippen LogP contribution in [-0.4, -0.2) is 29.1 Å². The standard InChI is InChI=1S/C13H16ClNO4/c1-13(2,3)15-11(17)7-19-12(18)9-6-8(14)4-5-10(9)16/h4-6,16H,7H2,1-3H3,(H,15,17). The second-order valence-corrected chi connectivity index (χ2v) is 5.47. The predicted octanol–water partition coefficient (Wildman–Crippen LogP) is 2.12. The van der Waals surface area contributed by atoms with Crippen molar-refractivity contribution < 1.29 is 19.4 Å². The molecule has 0 spiro atoms. The van der Waals surface area contributed by atoms with E-state index < -0.39 is 24.0 Å². The molecular formula is C13H16ClNO4. The van der Waals surface area contributed by atoms with Crippen molar-refractivity contribution in [3.63, 3.8) is 0 Å². The molecule has 0 unspecified atom stereocenters. The summed E-state index contributed by atoms with van der Waals surface area (Å²) in [5, 5.41) is 12.4. The van der Waals surface area contributed by atoms with Gasteiger partial charge in [0.2, 0.25) is 0 Å². The fourth-order valence-corrected chi connectivity index (χ4v) is 1.51. The number of hydrogen-bond donors (Lipinski definition) is 2. The zero-order chi connectivity index (χ0) is 14.6. The Balaban J connectivity index is 2.61. The maximum Gasteiger partial charge on any atom is 0.342 e. The van der Waals surface area contributed by atoms with Crippen molar-refractivity contribution in [3.05, 3.63) is 28.8 Å². The third-order valence-electron chi connectivity index (χ3n) is 2.03. The van der Waals surface area contributed by atoms with E-state index in [2.05, 4.69) is 5.32 Å². The van der Waals surface area contributed by atoms with Gasteiger partial charge in [-0.25, -0.2) is 4.79 Å². The summed E-state index contributed by atoms with van der Waals surface area (Å²) < 4.78 is 4.80. The predicted molar refractivity (Wildman–Crippen MR) is 71.3 cm³/mol. The highest BCUT2D eigenvalue weighted by Crippen LogP contribution is 2.22. The quantitative estimate of drug-likeness (QED) is 0.834. The van der Waals surface area contributed by atoms with Gasteiger partial charge in [-0.3, -0.25) is 4.79 Å². The van der Waals surface area contributed by atoms with Crippen LogP contribution in [0.4, 0.5) is 0 Å². The Hall–Kier alpha value is -1.75. The molecule has 0 atom stereocenters. The van der Waals surface area contributed by atoms with Crippen molar-refractivity contribution in [2.24, 2.45) is 0 Å². The molecule has 0 aliphatic heterocycles. The molecule has 0 saturated heterocycles. The average Bonchev–Trinajstić information content (AvgIpc) is 2.27. The molecule has 0 heterocycles. The van der Waals surface area contributed by atoms with E-state index in [1.807, 2.05) is 20.8 Å². The number of carbonyl (C=O) groups is 2. The van der Waals surface area contributed by atoms with Gasteiger partial charge in [0.15, 0.2) is 6.61 Å². The summed E-state index contributed by atoms with van der Waals surface area (Å²) in [4.78, 5) is 23.1. The molecule has 0 aliphatic rings. The fourth-order valence-electron chi connectivity index (χ4n) is 1.33. The Morgan fingerprint density at radius 3 is 2.58 bits per heavy atom. The first-order valence-corrected chi connectivity index (χ1v) is 6.03. The second-order valence-electron chi connectivity index (χ2n) is 5.04. The Kier molecular flexibility index (Phi) is 4.78.